The second-order valence-corrected chi connectivity index (χ2v) is 7.63. The summed E-state index contributed by atoms with van der Waals surface area (Å²) in [4.78, 5) is 18.8. The van der Waals surface area contributed by atoms with Gasteiger partial charge in [-0.05, 0) is 55.6 Å². The summed E-state index contributed by atoms with van der Waals surface area (Å²) in [5.74, 6) is 0.733. The largest absolute Gasteiger partial charge is 0.356 e. The summed E-state index contributed by atoms with van der Waals surface area (Å²) in [6, 6.07) is 18.1. The fraction of sp³-hybridized carbons (Fsp3) is 0.417. The standard InChI is InChI=1S/C24H33N5O.HI/c1-25-24(27-15-7-14-26-23(30)22-8-3-2-4-9-22)28-18-20-10-12-21(13-11-20)19-29-16-5-6-17-29;/h2-4,8-13H,5-7,14-19H2,1H3,(H,26,30)(H2,25,27,28);1H. The first kappa shape index (κ1) is 25.1. The van der Waals surface area contributed by atoms with Crippen molar-refractivity contribution in [1.29, 1.82) is 0 Å². The molecule has 7 heteroatoms. The molecule has 31 heavy (non-hydrogen) atoms. The number of aliphatic imine (C=N–C) groups is 1. The second kappa shape index (κ2) is 14.0. The van der Waals surface area contributed by atoms with E-state index in [4.69, 9.17) is 0 Å². The number of halogens is 1. The lowest BCUT2D eigenvalue weighted by molar-refractivity contribution is 0.0953. The van der Waals surface area contributed by atoms with Gasteiger partial charge in [0.2, 0.25) is 0 Å². The third-order valence-corrected chi connectivity index (χ3v) is 5.28. The normalized spacial score (nSPS) is 14.0. The predicted molar refractivity (Wildman–Crippen MR) is 138 cm³/mol. The minimum absolute atomic E-state index is 0. The van der Waals surface area contributed by atoms with Crippen LogP contribution in [0.4, 0.5) is 0 Å². The third kappa shape index (κ3) is 8.86. The highest BCUT2D eigenvalue weighted by molar-refractivity contribution is 14.0. The minimum atomic E-state index is -0.0358. The van der Waals surface area contributed by atoms with Crippen LogP contribution in [0.1, 0.15) is 40.7 Å². The maximum atomic E-state index is 12.0. The van der Waals surface area contributed by atoms with Crippen LogP contribution in [0.3, 0.4) is 0 Å². The van der Waals surface area contributed by atoms with Crippen LogP contribution in [0.15, 0.2) is 59.6 Å². The fourth-order valence-electron chi connectivity index (χ4n) is 3.56. The molecule has 168 valence electrons. The Morgan fingerprint density at radius 3 is 2.23 bits per heavy atom. The molecule has 6 nitrogen and oxygen atoms in total. The van der Waals surface area contributed by atoms with Crippen LogP contribution in [-0.4, -0.2) is 50.0 Å². The molecule has 0 saturated carbocycles. The zero-order valence-corrected chi connectivity index (χ0v) is 20.6. The van der Waals surface area contributed by atoms with Crippen molar-refractivity contribution in [2.75, 3.05) is 33.2 Å². The van der Waals surface area contributed by atoms with E-state index in [1.807, 2.05) is 30.3 Å². The van der Waals surface area contributed by atoms with Crippen molar-refractivity contribution in [3.05, 3.63) is 71.3 Å². The maximum absolute atomic E-state index is 12.0. The van der Waals surface area contributed by atoms with Gasteiger partial charge in [0.15, 0.2) is 5.96 Å². The molecule has 0 bridgehead atoms. The van der Waals surface area contributed by atoms with Crippen molar-refractivity contribution in [1.82, 2.24) is 20.9 Å². The van der Waals surface area contributed by atoms with Crippen LogP contribution < -0.4 is 16.0 Å². The number of likely N-dealkylation sites (tertiary alicyclic amines) is 1. The van der Waals surface area contributed by atoms with Crippen molar-refractivity contribution < 1.29 is 4.79 Å². The topological polar surface area (TPSA) is 68.8 Å². The van der Waals surface area contributed by atoms with Crippen molar-refractivity contribution in [3.8, 4) is 0 Å². The molecule has 2 aromatic rings. The number of rotatable bonds is 9. The molecule has 0 aliphatic carbocycles. The SMILES string of the molecule is CN=C(NCCCNC(=O)c1ccccc1)NCc1ccc(CN2CCCC2)cc1.I. The summed E-state index contributed by atoms with van der Waals surface area (Å²) in [6.07, 6.45) is 3.48. The van der Waals surface area contributed by atoms with E-state index in [2.05, 4.69) is 50.1 Å². The molecule has 3 N–H and O–H groups in total. The van der Waals surface area contributed by atoms with Crippen LogP contribution in [0, 0.1) is 0 Å². The van der Waals surface area contributed by atoms with Gasteiger partial charge < -0.3 is 16.0 Å². The Bertz CT molecular complexity index is 804. The van der Waals surface area contributed by atoms with Gasteiger partial charge >= 0.3 is 0 Å². The highest BCUT2D eigenvalue weighted by Gasteiger charge is 2.11. The number of nitrogens with zero attached hydrogens (tertiary/aromatic N) is 2. The summed E-state index contributed by atoms with van der Waals surface area (Å²) >= 11 is 0. The third-order valence-electron chi connectivity index (χ3n) is 5.28. The van der Waals surface area contributed by atoms with Crippen LogP contribution in [-0.2, 0) is 13.1 Å². The lowest BCUT2D eigenvalue weighted by Crippen LogP contribution is -2.38. The predicted octanol–water partition coefficient (Wildman–Crippen LogP) is 3.39. The first-order valence-corrected chi connectivity index (χ1v) is 10.8. The van der Waals surface area contributed by atoms with Gasteiger partial charge in [-0.3, -0.25) is 14.7 Å². The smallest absolute Gasteiger partial charge is 0.251 e. The first-order valence-electron chi connectivity index (χ1n) is 10.8. The molecule has 0 radical (unpaired) electrons. The molecule has 0 unspecified atom stereocenters. The van der Waals surface area contributed by atoms with Gasteiger partial charge in [0.25, 0.3) is 5.91 Å². The second-order valence-electron chi connectivity index (χ2n) is 7.63. The van der Waals surface area contributed by atoms with E-state index in [0.717, 1.165) is 32.0 Å². The molecular formula is C24H34IN5O. The van der Waals surface area contributed by atoms with E-state index in [-0.39, 0.29) is 29.9 Å². The number of benzene rings is 2. The average molecular weight is 535 g/mol. The van der Waals surface area contributed by atoms with Crippen LogP contribution >= 0.6 is 24.0 Å². The van der Waals surface area contributed by atoms with E-state index in [1.54, 1.807) is 7.05 Å². The van der Waals surface area contributed by atoms with Crippen molar-refractivity contribution in [3.63, 3.8) is 0 Å². The number of guanidine groups is 1. The van der Waals surface area contributed by atoms with Crippen molar-refractivity contribution in [2.45, 2.75) is 32.4 Å². The molecule has 0 aromatic heterocycles. The van der Waals surface area contributed by atoms with Gasteiger partial charge in [0.05, 0.1) is 0 Å². The number of hydrogen-bond acceptors (Lipinski definition) is 3. The summed E-state index contributed by atoms with van der Waals surface area (Å²) in [7, 11) is 1.77. The van der Waals surface area contributed by atoms with Gasteiger partial charge in [0.1, 0.15) is 0 Å². The summed E-state index contributed by atoms with van der Waals surface area (Å²) in [6.45, 7) is 5.59. The zero-order valence-electron chi connectivity index (χ0n) is 18.3. The van der Waals surface area contributed by atoms with Crippen molar-refractivity contribution >= 4 is 35.8 Å². The monoisotopic (exact) mass is 535 g/mol. The van der Waals surface area contributed by atoms with Crippen LogP contribution in [0.2, 0.25) is 0 Å². The highest BCUT2D eigenvalue weighted by atomic mass is 127. The van der Waals surface area contributed by atoms with Crippen molar-refractivity contribution in [2.24, 2.45) is 4.99 Å². The minimum Gasteiger partial charge on any atom is -0.356 e. The summed E-state index contributed by atoms with van der Waals surface area (Å²) in [5.41, 5.74) is 3.30. The van der Waals surface area contributed by atoms with Gasteiger partial charge in [-0.2, -0.15) is 0 Å². The quantitative estimate of drug-likeness (QED) is 0.199. The van der Waals surface area contributed by atoms with Gasteiger partial charge in [0, 0.05) is 38.8 Å². The molecule has 3 rings (SSSR count). The van der Waals surface area contributed by atoms with Crippen LogP contribution in [0.5, 0.6) is 0 Å². The molecule has 1 aliphatic rings. The van der Waals surface area contributed by atoms with E-state index < -0.39 is 0 Å². The fourth-order valence-corrected chi connectivity index (χ4v) is 3.56. The molecule has 2 aromatic carbocycles. The highest BCUT2D eigenvalue weighted by Crippen LogP contribution is 2.13. The Labute approximate surface area is 202 Å². The summed E-state index contributed by atoms with van der Waals surface area (Å²) in [5, 5.41) is 9.58. The van der Waals surface area contributed by atoms with E-state index in [1.165, 1.54) is 37.1 Å². The zero-order chi connectivity index (χ0) is 21.0. The van der Waals surface area contributed by atoms with E-state index in [9.17, 15) is 4.79 Å². The van der Waals surface area contributed by atoms with E-state index in [0.29, 0.717) is 12.1 Å². The number of amides is 1. The Morgan fingerprint density at radius 2 is 1.55 bits per heavy atom. The Morgan fingerprint density at radius 1 is 0.903 bits per heavy atom. The van der Waals surface area contributed by atoms with Gasteiger partial charge in [-0.15, -0.1) is 24.0 Å². The lowest BCUT2D eigenvalue weighted by Gasteiger charge is -2.15. The molecule has 1 amide bonds. The Balaban J connectivity index is 0.00000341. The van der Waals surface area contributed by atoms with Crippen LogP contribution in [0.25, 0.3) is 0 Å². The number of carbonyl (C=O) groups is 1. The molecule has 0 spiro atoms. The molecule has 1 saturated heterocycles. The molecular weight excluding hydrogens is 501 g/mol. The summed E-state index contributed by atoms with van der Waals surface area (Å²) < 4.78 is 0. The van der Waals surface area contributed by atoms with E-state index >= 15 is 0 Å². The molecule has 1 heterocycles. The Kier molecular flexibility index (Phi) is 11.4. The number of hydrogen-bond donors (Lipinski definition) is 3. The Hall–Kier alpha value is -2.13. The first-order chi connectivity index (χ1) is 14.7. The number of carbonyl (C=O) groups excluding carboxylic acids is 1. The maximum Gasteiger partial charge on any atom is 0.251 e. The lowest BCUT2D eigenvalue weighted by atomic mass is 10.1. The number of nitrogens with one attached hydrogen (secondary N) is 3. The molecule has 0 atom stereocenters. The molecule has 1 fully saturated rings. The molecule has 1 aliphatic heterocycles. The van der Waals surface area contributed by atoms with Gasteiger partial charge in [-0.25, -0.2) is 0 Å². The van der Waals surface area contributed by atoms with Gasteiger partial charge in [-0.1, -0.05) is 42.5 Å². The average Bonchev–Trinajstić information content (AvgIpc) is 3.30.